The van der Waals surface area contributed by atoms with Crippen LogP contribution in [-0.4, -0.2) is 39.8 Å². The molecule has 0 bridgehead atoms. The maximum Gasteiger partial charge on any atom is 0.360 e. The van der Waals surface area contributed by atoms with Crippen molar-refractivity contribution in [1.82, 2.24) is 14.4 Å². The van der Waals surface area contributed by atoms with E-state index in [0.717, 1.165) is 0 Å². The van der Waals surface area contributed by atoms with Gasteiger partial charge in [0.15, 0.2) is 22.9 Å². The third-order valence-corrected chi connectivity index (χ3v) is 4.94. The molecule has 0 atom stereocenters. The van der Waals surface area contributed by atoms with Gasteiger partial charge in [0.2, 0.25) is 0 Å². The van der Waals surface area contributed by atoms with Gasteiger partial charge in [0.25, 0.3) is 0 Å². The predicted octanol–water partition coefficient (Wildman–Crippen LogP) is 4.30. The monoisotopic (exact) mass is 441 g/mol. The molecule has 146 valence electrons. The minimum atomic E-state index is -0.697. The summed E-state index contributed by atoms with van der Waals surface area (Å²) in [6, 6.07) is 3.09. The highest BCUT2D eigenvalue weighted by atomic mass is 35.5. The highest BCUT2D eigenvalue weighted by molar-refractivity contribution is 6.36. The Morgan fingerprint density at radius 1 is 1.14 bits per heavy atom. The molecule has 0 saturated heterocycles. The van der Waals surface area contributed by atoms with Gasteiger partial charge in [0.1, 0.15) is 5.15 Å². The lowest BCUT2D eigenvalue weighted by Crippen LogP contribution is -2.11. The van der Waals surface area contributed by atoms with Crippen LogP contribution in [0.1, 0.15) is 33.5 Å². The third-order valence-electron chi connectivity index (χ3n) is 3.94. The van der Waals surface area contributed by atoms with Gasteiger partial charge < -0.3 is 9.47 Å². The number of halogens is 3. The van der Waals surface area contributed by atoms with Gasteiger partial charge >= 0.3 is 5.97 Å². The number of pyridine rings is 2. The molecule has 0 radical (unpaired) electrons. The lowest BCUT2D eigenvalue weighted by atomic mass is 10.1. The molecule has 10 heteroatoms. The maximum absolute atomic E-state index is 13.0. The van der Waals surface area contributed by atoms with Gasteiger partial charge in [-0.15, -0.1) is 0 Å². The first-order valence-corrected chi connectivity index (χ1v) is 9.25. The average molecular weight is 443 g/mol. The second-order valence-electron chi connectivity index (χ2n) is 5.60. The highest BCUT2D eigenvalue weighted by Crippen LogP contribution is 2.30. The summed E-state index contributed by atoms with van der Waals surface area (Å²) in [5.41, 5.74) is 0.734. The van der Waals surface area contributed by atoms with E-state index in [9.17, 15) is 9.59 Å². The van der Waals surface area contributed by atoms with Crippen LogP contribution in [0.5, 0.6) is 5.75 Å². The number of carbonyl (C=O) groups is 2. The Morgan fingerprint density at radius 2 is 1.82 bits per heavy atom. The molecule has 3 aromatic rings. The molecular formula is C18H14Cl3N3O4. The summed E-state index contributed by atoms with van der Waals surface area (Å²) in [5.74, 6) is -0.691. The molecule has 0 aliphatic heterocycles. The van der Waals surface area contributed by atoms with Crippen LogP contribution in [0.15, 0.2) is 24.5 Å². The first kappa shape index (κ1) is 20.4. The quantitative estimate of drug-likeness (QED) is 0.418. The van der Waals surface area contributed by atoms with Gasteiger partial charge in [-0.3, -0.25) is 14.2 Å². The zero-order valence-corrected chi connectivity index (χ0v) is 17.1. The molecule has 3 heterocycles. The number of rotatable bonds is 6. The fourth-order valence-electron chi connectivity index (χ4n) is 2.65. The van der Waals surface area contributed by atoms with Crippen molar-refractivity contribution in [3.63, 3.8) is 0 Å². The fraction of sp³-hybridized carbons (Fsp3) is 0.222. The summed E-state index contributed by atoms with van der Waals surface area (Å²) in [6.45, 7) is 1.82. The minimum Gasteiger partial charge on any atom is -0.493 e. The average Bonchev–Trinajstić information content (AvgIpc) is 3.02. The molecule has 28 heavy (non-hydrogen) atoms. The van der Waals surface area contributed by atoms with E-state index in [2.05, 4.69) is 9.97 Å². The van der Waals surface area contributed by atoms with E-state index >= 15 is 0 Å². The number of ketones is 1. The topological polar surface area (TPSA) is 82.8 Å². The molecule has 7 nitrogen and oxygen atoms in total. The molecule has 0 N–H and O–H groups in total. The molecule has 0 aliphatic rings. The zero-order valence-electron chi connectivity index (χ0n) is 14.8. The Morgan fingerprint density at radius 3 is 2.43 bits per heavy atom. The Bertz CT molecular complexity index is 1060. The molecule has 0 saturated carbocycles. The standard InChI is InChI=1S/C18H14Cl3N3O4/c1-3-28-18(26)15-16(21)24-12(4-5-14(27-2)17(24)23-15)13(25)6-9-10(19)7-22-8-11(9)20/h4-5,7-8H,3,6H2,1-2H3. The van der Waals surface area contributed by atoms with Crippen molar-refractivity contribution < 1.29 is 19.1 Å². The number of hydrogen-bond donors (Lipinski definition) is 0. The molecule has 3 aromatic heterocycles. The van der Waals surface area contributed by atoms with Crippen molar-refractivity contribution in [2.75, 3.05) is 13.7 Å². The summed E-state index contributed by atoms with van der Waals surface area (Å²) in [5, 5.41) is 0.492. The summed E-state index contributed by atoms with van der Waals surface area (Å²) < 4.78 is 11.6. The van der Waals surface area contributed by atoms with Crippen LogP contribution in [0.3, 0.4) is 0 Å². The number of nitrogens with zero attached hydrogens (tertiary/aromatic N) is 3. The Labute approximate surface area is 175 Å². The summed E-state index contributed by atoms with van der Waals surface area (Å²) in [4.78, 5) is 33.2. The van der Waals surface area contributed by atoms with Gasteiger partial charge in [0.05, 0.1) is 29.5 Å². The number of fused-ring (bicyclic) bond motifs is 1. The van der Waals surface area contributed by atoms with Crippen LogP contribution >= 0.6 is 34.8 Å². The second kappa shape index (κ2) is 8.34. The molecule has 0 amide bonds. The molecule has 0 unspecified atom stereocenters. The van der Waals surface area contributed by atoms with E-state index in [4.69, 9.17) is 44.3 Å². The maximum atomic E-state index is 13.0. The minimum absolute atomic E-state index is 0.0531. The number of esters is 1. The Hall–Kier alpha value is -2.35. The number of carbonyl (C=O) groups excluding carboxylic acids is 2. The number of imidazole rings is 1. The van der Waals surface area contributed by atoms with Gasteiger partial charge in [-0.05, 0) is 19.1 Å². The summed E-state index contributed by atoms with van der Waals surface area (Å²) in [7, 11) is 1.44. The number of hydrogen-bond acceptors (Lipinski definition) is 6. The Balaban J connectivity index is 2.13. The molecular weight excluding hydrogens is 429 g/mol. The first-order valence-electron chi connectivity index (χ1n) is 8.12. The molecule has 0 aromatic carbocycles. The van der Waals surface area contributed by atoms with Gasteiger partial charge in [0, 0.05) is 24.4 Å². The molecule has 0 aliphatic carbocycles. The van der Waals surface area contributed by atoms with Crippen molar-refractivity contribution in [3.8, 4) is 5.75 Å². The van der Waals surface area contributed by atoms with Gasteiger partial charge in [-0.25, -0.2) is 9.78 Å². The van der Waals surface area contributed by atoms with Crippen LogP contribution in [0.4, 0.5) is 0 Å². The normalized spacial score (nSPS) is 10.9. The van der Waals surface area contributed by atoms with Crippen LogP contribution in [-0.2, 0) is 11.2 Å². The van der Waals surface area contributed by atoms with E-state index in [0.29, 0.717) is 11.3 Å². The summed E-state index contributed by atoms with van der Waals surface area (Å²) in [6.07, 6.45) is 2.72. The first-order chi connectivity index (χ1) is 13.4. The van der Waals surface area contributed by atoms with E-state index < -0.39 is 5.97 Å². The van der Waals surface area contributed by atoms with Gasteiger partial charge in [-0.1, -0.05) is 34.8 Å². The highest BCUT2D eigenvalue weighted by Gasteiger charge is 2.25. The van der Waals surface area contributed by atoms with E-state index in [1.54, 1.807) is 13.0 Å². The van der Waals surface area contributed by atoms with Crippen molar-refractivity contribution in [1.29, 1.82) is 0 Å². The molecule has 0 fully saturated rings. The molecule has 0 spiro atoms. The number of Topliss-reactive ketones (excluding diaryl/α,β-unsaturated/α-hetero) is 1. The largest absolute Gasteiger partial charge is 0.493 e. The summed E-state index contributed by atoms with van der Waals surface area (Å²) >= 11 is 18.6. The van der Waals surface area contributed by atoms with Crippen LogP contribution in [0.25, 0.3) is 5.65 Å². The van der Waals surface area contributed by atoms with Crippen LogP contribution < -0.4 is 4.74 Å². The number of methoxy groups -OCH3 is 1. The fourth-order valence-corrected chi connectivity index (χ4v) is 3.44. The lowest BCUT2D eigenvalue weighted by Gasteiger charge is -2.10. The van der Waals surface area contributed by atoms with E-state index in [1.165, 1.54) is 30.0 Å². The molecule has 3 rings (SSSR count). The van der Waals surface area contributed by atoms with Crippen LogP contribution in [0.2, 0.25) is 15.2 Å². The van der Waals surface area contributed by atoms with Crippen molar-refractivity contribution in [3.05, 3.63) is 56.7 Å². The zero-order chi connectivity index (χ0) is 20.4. The van der Waals surface area contributed by atoms with Crippen molar-refractivity contribution >= 4 is 52.2 Å². The lowest BCUT2D eigenvalue weighted by molar-refractivity contribution is 0.0520. The number of aromatic nitrogens is 3. The van der Waals surface area contributed by atoms with Crippen molar-refractivity contribution in [2.45, 2.75) is 13.3 Å². The van der Waals surface area contributed by atoms with E-state index in [1.807, 2.05) is 0 Å². The van der Waals surface area contributed by atoms with Crippen molar-refractivity contribution in [2.24, 2.45) is 0 Å². The SMILES string of the molecule is CCOC(=O)c1nc2c(OC)ccc(C(=O)Cc3c(Cl)cncc3Cl)n2c1Cl. The van der Waals surface area contributed by atoms with Gasteiger partial charge in [-0.2, -0.15) is 0 Å². The smallest absolute Gasteiger partial charge is 0.360 e. The predicted molar refractivity (Wildman–Crippen MR) is 105 cm³/mol. The Kier molecular flexibility index (Phi) is 6.07. The number of ether oxygens (including phenoxy) is 2. The van der Waals surface area contributed by atoms with Crippen LogP contribution in [0, 0.1) is 0 Å². The third kappa shape index (κ3) is 3.65. The second-order valence-corrected chi connectivity index (χ2v) is 6.77. The van der Waals surface area contributed by atoms with E-state index in [-0.39, 0.29) is 51.0 Å².